The van der Waals surface area contributed by atoms with Gasteiger partial charge in [-0.05, 0) is 54.7 Å². The van der Waals surface area contributed by atoms with Gasteiger partial charge in [-0.25, -0.2) is 0 Å². The van der Waals surface area contributed by atoms with E-state index in [1.165, 1.54) is 12.1 Å². The Balaban J connectivity index is 1.54. The average molecular weight is 422 g/mol. The van der Waals surface area contributed by atoms with Gasteiger partial charge in [0.25, 0.3) is 5.91 Å². The van der Waals surface area contributed by atoms with E-state index in [0.717, 1.165) is 35.7 Å². The van der Waals surface area contributed by atoms with Crippen molar-refractivity contribution in [3.05, 3.63) is 95.8 Å². The fraction of sp³-hybridized carbons (Fsp3) is 0.200. The van der Waals surface area contributed by atoms with E-state index in [-0.39, 0.29) is 11.5 Å². The van der Waals surface area contributed by atoms with Crippen LogP contribution in [0.3, 0.4) is 0 Å². The summed E-state index contributed by atoms with van der Waals surface area (Å²) in [4.78, 5) is 16.2. The standard InChI is InChI=1S/C25H21F3N2O/c1-16(2)17-5-7-19(8-6-17)23(31)30-24(13-14-24)20-11-9-18(10-12-20)21-4-3-15-29-22(21)25(26,27)28/h3-12,15H,1,13-14H2,2H3,(H,30,31). The highest BCUT2D eigenvalue weighted by Gasteiger charge is 2.45. The van der Waals surface area contributed by atoms with E-state index >= 15 is 0 Å². The summed E-state index contributed by atoms with van der Waals surface area (Å²) in [5, 5.41) is 3.09. The molecule has 158 valence electrons. The van der Waals surface area contributed by atoms with E-state index in [1.54, 1.807) is 36.4 Å². The molecule has 0 bridgehead atoms. The van der Waals surface area contributed by atoms with Crippen LogP contribution in [0, 0.1) is 0 Å². The lowest BCUT2D eigenvalue weighted by Gasteiger charge is -2.19. The fourth-order valence-electron chi connectivity index (χ4n) is 3.64. The first kappa shape index (κ1) is 20.8. The van der Waals surface area contributed by atoms with Crippen molar-refractivity contribution >= 4 is 11.5 Å². The van der Waals surface area contributed by atoms with Crippen molar-refractivity contribution in [3.63, 3.8) is 0 Å². The number of halogens is 3. The van der Waals surface area contributed by atoms with Crippen LogP contribution in [0.5, 0.6) is 0 Å². The molecule has 0 radical (unpaired) electrons. The van der Waals surface area contributed by atoms with E-state index in [4.69, 9.17) is 0 Å². The van der Waals surface area contributed by atoms with E-state index in [1.807, 2.05) is 19.1 Å². The van der Waals surface area contributed by atoms with Crippen LogP contribution in [0.2, 0.25) is 0 Å². The van der Waals surface area contributed by atoms with Gasteiger partial charge in [0.05, 0.1) is 5.54 Å². The SMILES string of the molecule is C=C(C)c1ccc(C(=O)NC2(c3ccc(-c4cccnc4C(F)(F)F)cc3)CC2)cc1. The predicted molar refractivity (Wildman–Crippen MR) is 114 cm³/mol. The van der Waals surface area contributed by atoms with Gasteiger partial charge in [0.15, 0.2) is 5.69 Å². The van der Waals surface area contributed by atoms with Gasteiger partial charge in [0.2, 0.25) is 0 Å². The number of nitrogens with one attached hydrogen (secondary N) is 1. The molecule has 1 aliphatic carbocycles. The predicted octanol–water partition coefficient (Wildman–Crippen LogP) is 6.22. The fourth-order valence-corrected chi connectivity index (χ4v) is 3.64. The minimum absolute atomic E-state index is 0.0352. The van der Waals surface area contributed by atoms with Crippen LogP contribution in [-0.4, -0.2) is 10.9 Å². The number of alkyl halides is 3. The molecule has 0 atom stereocenters. The number of carbonyl (C=O) groups is 1. The van der Waals surface area contributed by atoms with Gasteiger partial charge >= 0.3 is 6.18 Å². The molecule has 3 nitrogen and oxygen atoms in total. The molecule has 4 rings (SSSR count). The maximum Gasteiger partial charge on any atom is 0.433 e. The molecular weight excluding hydrogens is 401 g/mol. The number of amides is 1. The molecule has 1 aliphatic rings. The zero-order valence-corrected chi connectivity index (χ0v) is 17.0. The molecule has 0 aliphatic heterocycles. The molecule has 0 unspecified atom stereocenters. The molecule has 1 fully saturated rings. The number of pyridine rings is 1. The Morgan fingerprint density at radius 1 is 1.00 bits per heavy atom. The normalized spacial score (nSPS) is 14.7. The molecule has 0 spiro atoms. The summed E-state index contributed by atoms with van der Waals surface area (Å²) in [7, 11) is 0. The Hall–Kier alpha value is -3.41. The van der Waals surface area contributed by atoms with Gasteiger partial charge < -0.3 is 5.32 Å². The smallest absolute Gasteiger partial charge is 0.343 e. The molecule has 3 aromatic rings. The molecule has 1 N–H and O–H groups in total. The minimum Gasteiger partial charge on any atom is -0.343 e. The van der Waals surface area contributed by atoms with Crippen LogP contribution in [-0.2, 0) is 11.7 Å². The highest BCUT2D eigenvalue weighted by atomic mass is 19.4. The second-order valence-corrected chi connectivity index (χ2v) is 7.87. The van der Waals surface area contributed by atoms with Crippen LogP contribution in [0.25, 0.3) is 16.7 Å². The monoisotopic (exact) mass is 422 g/mol. The summed E-state index contributed by atoms with van der Waals surface area (Å²) < 4.78 is 39.8. The largest absolute Gasteiger partial charge is 0.433 e. The molecule has 31 heavy (non-hydrogen) atoms. The van der Waals surface area contributed by atoms with Crippen molar-refractivity contribution in [1.82, 2.24) is 10.3 Å². The number of hydrogen-bond acceptors (Lipinski definition) is 2. The number of allylic oxidation sites excluding steroid dienone is 1. The van der Waals surface area contributed by atoms with Crippen molar-refractivity contribution in [2.75, 3.05) is 0 Å². The van der Waals surface area contributed by atoms with Crippen molar-refractivity contribution < 1.29 is 18.0 Å². The van der Waals surface area contributed by atoms with E-state index < -0.39 is 17.4 Å². The summed E-state index contributed by atoms with van der Waals surface area (Å²) in [5.74, 6) is -0.179. The topological polar surface area (TPSA) is 42.0 Å². The average Bonchev–Trinajstić information content (AvgIpc) is 3.54. The van der Waals surface area contributed by atoms with E-state index in [9.17, 15) is 18.0 Å². The number of rotatable bonds is 5. The van der Waals surface area contributed by atoms with Crippen LogP contribution < -0.4 is 5.32 Å². The summed E-state index contributed by atoms with van der Waals surface area (Å²) in [5.41, 5.74) is 2.41. The minimum atomic E-state index is -4.53. The van der Waals surface area contributed by atoms with Crippen molar-refractivity contribution in [1.29, 1.82) is 0 Å². The van der Waals surface area contributed by atoms with Gasteiger partial charge in [0, 0.05) is 17.3 Å². The lowest BCUT2D eigenvalue weighted by Crippen LogP contribution is -2.34. The zero-order valence-electron chi connectivity index (χ0n) is 17.0. The Morgan fingerprint density at radius 3 is 2.16 bits per heavy atom. The second-order valence-electron chi connectivity index (χ2n) is 7.87. The third-order valence-electron chi connectivity index (χ3n) is 5.57. The van der Waals surface area contributed by atoms with E-state index in [0.29, 0.717) is 11.1 Å². The third kappa shape index (κ3) is 4.24. The van der Waals surface area contributed by atoms with Crippen molar-refractivity contribution in [2.45, 2.75) is 31.5 Å². The second kappa shape index (κ2) is 7.69. The molecule has 1 amide bonds. The Morgan fingerprint density at radius 2 is 1.61 bits per heavy atom. The van der Waals surface area contributed by atoms with Gasteiger partial charge in [-0.3, -0.25) is 9.78 Å². The summed E-state index contributed by atoms with van der Waals surface area (Å²) >= 11 is 0. The molecule has 0 saturated heterocycles. The molecule has 6 heteroatoms. The van der Waals surface area contributed by atoms with Crippen molar-refractivity contribution in [2.24, 2.45) is 0 Å². The highest BCUT2D eigenvalue weighted by Crippen LogP contribution is 2.46. The Bertz CT molecular complexity index is 1130. The number of carbonyl (C=O) groups excluding carboxylic acids is 1. The van der Waals surface area contributed by atoms with Crippen molar-refractivity contribution in [3.8, 4) is 11.1 Å². The third-order valence-corrected chi connectivity index (χ3v) is 5.57. The van der Waals surface area contributed by atoms with Gasteiger partial charge in [-0.2, -0.15) is 13.2 Å². The molecule has 2 aromatic carbocycles. The molecule has 1 heterocycles. The van der Waals surface area contributed by atoms with Crippen LogP contribution in [0.4, 0.5) is 13.2 Å². The molecule has 1 saturated carbocycles. The number of nitrogens with zero attached hydrogens (tertiary/aromatic N) is 1. The first-order valence-corrected chi connectivity index (χ1v) is 9.91. The molecule has 1 aromatic heterocycles. The first-order valence-electron chi connectivity index (χ1n) is 9.91. The van der Waals surface area contributed by atoms with Gasteiger partial charge in [-0.15, -0.1) is 0 Å². The maximum absolute atomic E-state index is 13.3. The summed E-state index contributed by atoms with van der Waals surface area (Å²) in [6.45, 7) is 5.79. The van der Waals surface area contributed by atoms with Crippen LogP contribution >= 0.6 is 0 Å². The summed E-state index contributed by atoms with van der Waals surface area (Å²) in [6, 6.07) is 17.0. The highest BCUT2D eigenvalue weighted by molar-refractivity contribution is 5.95. The van der Waals surface area contributed by atoms with Gasteiger partial charge in [-0.1, -0.05) is 54.6 Å². The van der Waals surface area contributed by atoms with Gasteiger partial charge in [0.1, 0.15) is 0 Å². The van der Waals surface area contributed by atoms with Crippen LogP contribution in [0.15, 0.2) is 73.4 Å². The quantitative estimate of drug-likeness (QED) is 0.530. The zero-order chi connectivity index (χ0) is 22.2. The lowest BCUT2D eigenvalue weighted by molar-refractivity contribution is -0.140. The Labute approximate surface area is 178 Å². The van der Waals surface area contributed by atoms with E-state index in [2.05, 4.69) is 16.9 Å². The summed E-state index contributed by atoms with van der Waals surface area (Å²) in [6.07, 6.45) is -1.83. The number of aromatic nitrogens is 1. The first-order chi connectivity index (χ1) is 14.7. The molecular formula is C25H21F3N2O. The number of benzene rings is 2. The number of hydrogen-bond donors (Lipinski definition) is 1. The Kier molecular flexibility index (Phi) is 5.17. The van der Waals surface area contributed by atoms with Crippen LogP contribution in [0.1, 0.15) is 46.9 Å². The maximum atomic E-state index is 13.3. The lowest BCUT2D eigenvalue weighted by atomic mass is 9.98.